The summed E-state index contributed by atoms with van der Waals surface area (Å²) in [6.07, 6.45) is 1.47. The number of rotatable bonds is 8. The Hall–Kier alpha value is -1.96. The summed E-state index contributed by atoms with van der Waals surface area (Å²) in [5, 5.41) is 6.01. The predicted octanol–water partition coefficient (Wildman–Crippen LogP) is 3.26. The third-order valence-corrected chi connectivity index (χ3v) is 5.40. The summed E-state index contributed by atoms with van der Waals surface area (Å²) in [5.74, 6) is 0.605. The Balaban J connectivity index is 1.41. The maximum atomic E-state index is 12.4. The summed E-state index contributed by atoms with van der Waals surface area (Å²) in [6.45, 7) is 10.1. The molecule has 28 heavy (non-hydrogen) atoms. The SMILES string of the molecule is Cc1nc(COc2cccc(C(=O)NCCCN3CC(C)OC(C)C3)c2)cs1. The number of carbonyl (C=O) groups is 1. The highest BCUT2D eigenvalue weighted by Gasteiger charge is 2.21. The van der Waals surface area contributed by atoms with Crippen LogP contribution in [0.3, 0.4) is 0 Å². The Morgan fingerprint density at radius 3 is 2.86 bits per heavy atom. The number of aromatic nitrogens is 1. The van der Waals surface area contributed by atoms with Gasteiger partial charge < -0.3 is 14.8 Å². The summed E-state index contributed by atoms with van der Waals surface area (Å²) in [5.41, 5.74) is 1.52. The van der Waals surface area contributed by atoms with Gasteiger partial charge in [-0.25, -0.2) is 4.98 Å². The molecule has 1 aliphatic heterocycles. The van der Waals surface area contributed by atoms with Crippen LogP contribution in [0.2, 0.25) is 0 Å². The van der Waals surface area contributed by atoms with Gasteiger partial charge in [-0.2, -0.15) is 0 Å². The largest absolute Gasteiger partial charge is 0.487 e. The lowest BCUT2D eigenvalue weighted by molar-refractivity contribution is -0.0679. The molecule has 0 spiro atoms. The van der Waals surface area contributed by atoms with Crippen molar-refractivity contribution >= 4 is 17.2 Å². The standard InChI is InChI=1S/C21H29N3O3S/c1-15-11-24(12-16(2)27-15)9-5-8-22-21(25)18-6-4-7-20(10-18)26-13-19-14-28-17(3)23-19/h4,6-7,10,14-16H,5,8-9,11-13H2,1-3H3,(H,22,25). The zero-order chi connectivity index (χ0) is 19.9. The van der Waals surface area contributed by atoms with E-state index in [0.29, 0.717) is 24.5 Å². The smallest absolute Gasteiger partial charge is 0.251 e. The first-order valence-electron chi connectivity index (χ1n) is 9.79. The molecule has 0 saturated carbocycles. The van der Waals surface area contributed by atoms with Gasteiger partial charge >= 0.3 is 0 Å². The molecule has 1 saturated heterocycles. The first kappa shape index (κ1) is 20.8. The number of nitrogens with one attached hydrogen (secondary N) is 1. The second kappa shape index (κ2) is 10.0. The molecule has 0 radical (unpaired) electrons. The van der Waals surface area contributed by atoms with Crippen molar-refractivity contribution in [3.8, 4) is 5.75 Å². The van der Waals surface area contributed by atoms with E-state index in [-0.39, 0.29) is 18.1 Å². The minimum atomic E-state index is -0.0707. The first-order chi connectivity index (χ1) is 13.5. The van der Waals surface area contributed by atoms with Crippen LogP contribution in [0.15, 0.2) is 29.6 Å². The molecule has 2 heterocycles. The molecule has 2 atom stereocenters. The summed E-state index contributed by atoms with van der Waals surface area (Å²) in [7, 11) is 0. The molecular weight excluding hydrogens is 374 g/mol. The predicted molar refractivity (Wildman–Crippen MR) is 111 cm³/mol. The number of benzene rings is 1. The van der Waals surface area contributed by atoms with E-state index < -0.39 is 0 Å². The summed E-state index contributed by atoms with van der Waals surface area (Å²) in [4.78, 5) is 19.2. The normalized spacial score (nSPS) is 20.1. The average Bonchev–Trinajstić information content (AvgIpc) is 3.08. The van der Waals surface area contributed by atoms with E-state index in [4.69, 9.17) is 9.47 Å². The third kappa shape index (κ3) is 6.29. The van der Waals surface area contributed by atoms with Crippen LogP contribution in [-0.2, 0) is 11.3 Å². The number of carbonyl (C=O) groups excluding carboxylic acids is 1. The van der Waals surface area contributed by atoms with E-state index in [1.54, 1.807) is 23.5 Å². The molecule has 152 valence electrons. The highest BCUT2D eigenvalue weighted by atomic mass is 32.1. The van der Waals surface area contributed by atoms with Crippen LogP contribution in [0.25, 0.3) is 0 Å². The molecule has 7 heteroatoms. The summed E-state index contributed by atoms with van der Waals surface area (Å²) in [6, 6.07) is 7.28. The molecule has 6 nitrogen and oxygen atoms in total. The van der Waals surface area contributed by atoms with Gasteiger partial charge in [0, 0.05) is 37.1 Å². The van der Waals surface area contributed by atoms with E-state index in [9.17, 15) is 4.79 Å². The van der Waals surface area contributed by atoms with Gasteiger partial charge in [-0.05, 0) is 45.4 Å². The molecular formula is C21H29N3O3S. The molecule has 3 rings (SSSR count). The van der Waals surface area contributed by atoms with Gasteiger partial charge in [0.1, 0.15) is 12.4 Å². The molecule has 1 amide bonds. The monoisotopic (exact) mass is 403 g/mol. The maximum Gasteiger partial charge on any atom is 0.251 e. The van der Waals surface area contributed by atoms with Crippen molar-refractivity contribution in [1.29, 1.82) is 0 Å². The van der Waals surface area contributed by atoms with Crippen LogP contribution in [0, 0.1) is 6.92 Å². The van der Waals surface area contributed by atoms with Crippen molar-refractivity contribution in [2.24, 2.45) is 0 Å². The lowest BCUT2D eigenvalue weighted by Crippen LogP contribution is -2.46. The minimum absolute atomic E-state index is 0.0707. The third-order valence-electron chi connectivity index (χ3n) is 4.58. The Morgan fingerprint density at radius 2 is 2.14 bits per heavy atom. The Morgan fingerprint density at radius 1 is 1.36 bits per heavy atom. The van der Waals surface area contributed by atoms with Gasteiger partial charge in [-0.15, -0.1) is 11.3 Å². The van der Waals surface area contributed by atoms with Crippen LogP contribution >= 0.6 is 11.3 Å². The molecule has 1 aliphatic rings. The summed E-state index contributed by atoms with van der Waals surface area (Å²) < 4.78 is 11.5. The fourth-order valence-corrected chi connectivity index (χ4v) is 4.03. The molecule has 1 aromatic carbocycles. The lowest BCUT2D eigenvalue weighted by atomic mass is 10.2. The van der Waals surface area contributed by atoms with Crippen LogP contribution in [-0.4, -0.2) is 54.2 Å². The second-order valence-electron chi connectivity index (χ2n) is 7.30. The first-order valence-corrected chi connectivity index (χ1v) is 10.7. The fourth-order valence-electron chi connectivity index (χ4n) is 3.43. The quantitative estimate of drug-likeness (QED) is 0.686. The van der Waals surface area contributed by atoms with Gasteiger partial charge in [-0.1, -0.05) is 6.07 Å². The molecule has 1 aromatic heterocycles. The van der Waals surface area contributed by atoms with Crippen molar-refractivity contribution in [2.45, 2.75) is 46.0 Å². The number of amides is 1. The number of thiazole rings is 1. The zero-order valence-corrected chi connectivity index (χ0v) is 17.6. The highest BCUT2D eigenvalue weighted by molar-refractivity contribution is 7.09. The Kier molecular flexibility index (Phi) is 7.42. The lowest BCUT2D eigenvalue weighted by Gasteiger charge is -2.35. The number of aryl methyl sites for hydroxylation is 1. The van der Waals surface area contributed by atoms with E-state index in [0.717, 1.165) is 36.8 Å². The highest BCUT2D eigenvalue weighted by Crippen LogP contribution is 2.16. The van der Waals surface area contributed by atoms with Gasteiger partial charge in [0.15, 0.2) is 0 Å². The van der Waals surface area contributed by atoms with Gasteiger partial charge in [0.25, 0.3) is 5.91 Å². The summed E-state index contributed by atoms with van der Waals surface area (Å²) >= 11 is 1.60. The van der Waals surface area contributed by atoms with Crippen molar-refractivity contribution in [3.63, 3.8) is 0 Å². The topological polar surface area (TPSA) is 63.7 Å². The zero-order valence-electron chi connectivity index (χ0n) is 16.8. The van der Waals surface area contributed by atoms with Crippen LogP contribution in [0.4, 0.5) is 0 Å². The van der Waals surface area contributed by atoms with Crippen LogP contribution in [0.1, 0.15) is 41.3 Å². The second-order valence-corrected chi connectivity index (χ2v) is 8.36. The molecule has 1 N–H and O–H groups in total. The van der Waals surface area contributed by atoms with E-state index >= 15 is 0 Å². The maximum absolute atomic E-state index is 12.4. The Labute approximate surface area is 170 Å². The number of ether oxygens (including phenoxy) is 2. The van der Waals surface area contributed by atoms with Crippen LogP contribution < -0.4 is 10.1 Å². The van der Waals surface area contributed by atoms with Crippen molar-refractivity contribution in [3.05, 3.63) is 45.9 Å². The Bertz CT molecular complexity index is 770. The van der Waals surface area contributed by atoms with Gasteiger partial charge in [0.2, 0.25) is 0 Å². The molecule has 0 aliphatic carbocycles. The van der Waals surface area contributed by atoms with E-state index in [1.807, 2.05) is 24.4 Å². The number of morpholine rings is 1. The number of nitrogens with zero attached hydrogens (tertiary/aromatic N) is 2. The van der Waals surface area contributed by atoms with E-state index in [1.165, 1.54) is 0 Å². The number of hydrogen-bond donors (Lipinski definition) is 1. The fraction of sp³-hybridized carbons (Fsp3) is 0.524. The van der Waals surface area contributed by atoms with Gasteiger partial charge in [0.05, 0.1) is 22.9 Å². The number of hydrogen-bond acceptors (Lipinski definition) is 6. The van der Waals surface area contributed by atoms with E-state index in [2.05, 4.69) is 29.0 Å². The molecule has 0 bridgehead atoms. The van der Waals surface area contributed by atoms with Gasteiger partial charge in [-0.3, -0.25) is 9.69 Å². The molecule has 2 unspecified atom stereocenters. The van der Waals surface area contributed by atoms with Crippen molar-refractivity contribution in [2.75, 3.05) is 26.2 Å². The molecule has 2 aromatic rings. The van der Waals surface area contributed by atoms with Crippen LogP contribution in [0.5, 0.6) is 5.75 Å². The molecule has 1 fully saturated rings. The van der Waals surface area contributed by atoms with Crippen molar-refractivity contribution < 1.29 is 14.3 Å². The van der Waals surface area contributed by atoms with Crippen molar-refractivity contribution in [1.82, 2.24) is 15.2 Å². The minimum Gasteiger partial charge on any atom is -0.487 e. The average molecular weight is 404 g/mol.